The average Bonchev–Trinajstić information content (AvgIpc) is 0.929. The Hall–Kier alpha value is -7.87. The number of nitrogens with zero attached hydrogens (tertiary/aromatic N) is 6. The number of sulfonamides is 1. The van der Waals surface area contributed by atoms with Crippen LogP contribution >= 0.6 is 23.1 Å². The molecule has 110 heavy (non-hydrogen) atoms. The molecule has 1 saturated carbocycles. The second kappa shape index (κ2) is 37.6. The highest BCUT2D eigenvalue weighted by Crippen LogP contribution is 2.44. The predicted molar refractivity (Wildman–Crippen MR) is 416 cm³/mol. The van der Waals surface area contributed by atoms with Gasteiger partial charge in [-0.1, -0.05) is 99.5 Å². The van der Waals surface area contributed by atoms with Gasteiger partial charge >= 0.3 is 5.51 Å². The average molecular weight is 1600 g/mol. The third-order valence-corrected chi connectivity index (χ3v) is 26.4. The van der Waals surface area contributed by atoms with Crippen molar-refractivity contribution in [1.29, 1.82) is 0 Å². The highest BCUT2D eigenvalue weighted by molar-refractivity contribution is 7.99. The zero-order chi connectivity index (χ0) is 79.2. The molecule has 0 spiro atoms. The number of thiazole rings is 1. The van der Waals surface area contributed by atoms with Crippen LogP contribution < -0.4 is 25.6 Å². The van der Waals surface area contributed by atoms with Gasteiger partial charge in [-0.2, -0.15) is 13.2 Å². The highest BCUT2D eigenvalue weighted by atomic mass is 32.2. The molecule has 4 heterocycles. The van der Waals surface area contributed by atoms with Crippen LogP contribution in [0.15, 0.2) is 151 Å². The van der Waals surface area contributed by atoms with Gasteiger partial charge in [-0.05, 0) is 161 Å². The third kappa shape index (κ3) is 22.5. The number of aliphatic hydroxyl groups is 1. The minimum Gasteiger partial charge on any atom is -0.393 e. The lowest BCUT2D eigenvalue weighted by atomic mass is 9.73. The Bertz CT molecular complexity index is 4450. The molecule has 6 atom stereocenters. The zero-order valence-corrected chi connectivity index (χ0v) is 66.4. The number of anilines is 2. The van der Waals surface area contributed by atoms with Crippen LogP contribution in [0.3, 0.4) is 0 Å². The van der Waals surface area contributed by atoms with Gasteiger partial charge in [0.05, 0.1) is 62.8 Å². The number of benzene rings is 4. The molecule has 0 radical (unpaired) electrons. The van der Waals surface area contributed by atoms with Crippen molar-refractivity contribution in [2.24, 2.45) is 23.2 Å². The number of aromatic nitrogens is 2. The molecule has 2 aliphatic carbocycles. The number of thioether (sulfide) groups is 1. The molecule has 3 fully saturated rings. The first-order chi connectivity index (χ1) is 52.2. The number of hydrogen-bond donors (Lipinski definition) is 5. The van der Waals surface area contributed by atoms with E-state index in [0.717, 1.165) is 64.7 Å². The van der Waals surface area contributed by atoms with E-state index in [9.17, 15) is 67.9 Å². The number of aliphatic hydroxyl groups excluding tert-OH is 1. The van der Waals surface area contributed by atoms with Crippen molar-refractivity contribution in [1.82, 2.24) is 40.2 Å². The number of halogens is 5. The maximum Gasteiger partial charge on any atom is 0.501 e. The molecule has 0 bridgehead atoms. The summed E-state index contributed by atoms with van der Waals surface area (Å²) in [6.07, 6.45) is 2.47. The molecule has 4 aliphatic rings. The van der Waals surface area contributed by atoms with E-state index in [0.29, 0.717) is 121 Å². The van der Waals surface area contributed by atoms with Crippen molar-refractivity contribution in [3.8, 4) is 10.4 Å². The number of unbranched alkanes of at least 4 members (excludes halogenated alkanes) is 2. The van der Waals surface area contributed by atoms with Gasteiger partial charge in [0.25, 0.3) is 32.2 Å². The molecule has 4 aromatic carbocycles. The van der Waals surface area contributed by atoms with E-state index in [1.54, 1.807) is 35.5 Å². The molecule has 4 amide bonds. The summed E-state index contributed by atoms with van der Waals surface area (Å²) in [6.45, 7) is 21.3. The second-order valence-electron chi connectivity index (χ2n) is 30.5. The Morgan fingerprint density at radius 3 is 2.15 bits per heavy atom. The van der Waals surface area contributed by atoms with Crippen molar-refractivity contribution < 1.29 is 72.4 Å². The van der Waals surface area contributed by atoms with E-state index < -0.39 is 95.0 Å². The molecular weight excluding hydrogens is 1500 g/mol. The minimum absolute atomic E-state index is 0.0461. The van der Waals surface area contributed by atoms with E-state index >= 15 is 0 Å². The molecule has 21 nitrogen and oxygen atoms in total. The summed E-state index contributed by atoms with van der Waals surface area (Å²) in [5, 5.41) is 24.0. The number of Topliss-reactive ketones (excluding diaryl/α,β-unsaturated/α-hetero) is 1. The van der Waals surface area contributed by atoms with E-state index in [2.05, 4.69) is 61.2 Å². The van der Waals surface area contributed by atoms with Crippen LogP contribution in [-0.2, 0) is 39.0 Å². The fourth-order valence-corrected chi connectivity index (χ4v) is 18.9. The second-order valence-corrected chi connectivity index (χ2v) is 36.0. The standard InChI is InChI=1S/C80H101F5N10O11S4/c1-51(2)73(69-42-53(4)90-106-69)74(99)65-43-62(96)44-66(65)78(101)89-68(55-19-21-56(22-20-55)75-54(5)87-50-108-75)46-71(97)86-32-13-9-12-16-72(98)95-40-34-92(35-41-95)33-30-60(49-107-63-14-10-8-11-15-63)88-67-28-27-64(45-70(67)109(102,103)80(83,84)85)110(104,105)91-77(100)57-23-25-61(26-24-57)94-38-36-93(37-39-94)48-59-29-31-79(6,7)47-58(59)18-17-52(3)76(81)82/h8,10-11,14-15,19-28,42,45,50-51,60,62,65-66,68,73,76,88,96H,3,9,12-13,16-18,29-41,43-44,46-49H2,1-2,4-7H3,(H,86,97)(H,89,101)(H,91,100)/t60-,62+,65?,66-,68+,73?/m1/s1. The van der Waals surface area contributed by atoms with Gasteiger partial charge < -0.3 is 35.4 Å². The number of alkyl halides is 5. The molecule has 30 heteroatoms. The van der Waals surface area contributed by atoms with Crippen LogP contribution in [0.25, 0.3) is 10.4 Å². The summed E-state index contributed by atoms with van der Waals surface area (Å²) in [5.41, 5.74) is 1.74. The molecule has 2 aromatic heterocycles. The van der Waals surface area contributed by atoms with E-state index in [4.69, 9.17) is 4.52 Å². The highest BCUT2D eigenvalue weighted by Gasteiger charge is 2.49. The van der Waals surface area contributed by atoms with Gasteiger partial charge in [-0.15, -0.1) is 23.1 Å². The van der Waals surface area contributed by atoms with Crippen LogP contribution in [0.4, 0.5) is 33.3 Å². The normalized spacial score (nSPS) is 19.0. The lowest BCUT2D eigenvalue weighted by molar-refractivity contribution is -0.134. The SMILES string of the molecule is C=C(CCC1=C(CN2CCN(c3ccc(C(=O)NS(=O)(=O)c4ccc(N[C@H](CCN5CCN(C(=O)CCCCCNC(=O)C[C@H](NC(=O)[C@@H]6C[C@@H](O)CC6C(=O)C(c6cc(C)no6)C(C)C)c6ccc(-c7scnc7C)cc6)CC5)CSc5ccccc5)c(S(=O)(=O)C(F)(F)F)c4)cc3)CC2)CCC(C)(C)C1)C(F)F. The summed E-state index contributed by atoms with van der Waals surface area (Å²) < 4.78 is 133. The van der Waals surface area contributed by atoms with Crippen molar-refractivity contribution in [3.05, 3.63) is 160 Å². The first-order valence-electron chi connectivity index (χ1n) is 37.6. The number of carbonyl (C=O) groups is 5. The van der Waals surface area contributed by atoms with Crippen LogP contribution in [0.1, 0.15) is 156 Å². The molecule has 10 rings (SSSR count). The van der Waals surface area contributed by atoms with Crippen molar-refractivity contribution in [2.45, 2.75) is 176 Å². The van der Waals surface area contributed by atoms with E-state index in [1.165, 1.54) is 46.4 Å². The summed E-state index contributed by atoms with van der Waals surface area (Å²) in [6, 6.07) is 25.4. The van der Waals surface area contributed by atoms with Crippen LogP contribution in [0.2, 0.25) is 0 Å². The molecule has 2 unspecified atom stereocenters. The number of aryl methyl sites for hydroxylation is 2. The number of hydrogen-bond acceptors (Lipinski definition) is 19. The number of amides is 4. The fourth-order valence-electron chi connectivity index (χ4n) is 15.0. The summed E-state index contributed by atoms with van der Waals surface area (Å²) in [5.74, 6) is -3.98. The molecular formula is C80H101F5N10O11S4. The summed E-state index contributed by atoms with van der Waals surface area (Å²) >= 11 is 2.88. The lowest BCUT2D eigenvalue weighted by Gasteiger charge is -2.39. The first-order valence-corrected chi connectivity index (χ1v) is 42.5. The molecule has 596 valence electrons. The minimum atomic E-state index is -6.20. The summed E-state index contributed by atoms with van der Waals surface area (Å²) in [4.78, 5) is 81.8. The van der Waals surface area contributed by atoms with Crippen molar-refractivity contribution >= 4 is 83.7 Å². The Kier molecular flexibility index (Phi) is 28.9. The zero-order valence-electron chi connectivity index (χ0n) is 63.1. The quantitative estimate of drug-likeness (QED) is 0.0107. The Morgan fingerprint density at radius 2 is 1.51 bits per heavy atom. The van der Waals surface area contributed by atoms with Crippen LogP contribution in [-0.4, -0.2) is 178 Å². The number of rotatable bonds is 35. The number of carbonyl (C=O) groups excluding carboxylic acids is 5. The number of piperazine rings is 2. The summed E-state index contributed by atoms with van der Waals surface area (Å²) in [7, 11) is -11.2. The molecule has 6 aromatic rings. The van der Waals surface area contributed by atoms with Crippen molar-refractivity contribution in [3.63, 3.8) is 0 Å². The molecule has 2 aliphatic heterocycles. The van der Waals surface area contributed by atoms with Gasteiger partial charge in [0, 0.05) is 118 Å². The number of sulfone groups is 1. The predicted octanol–water partition coefficient (Wildman–Crippen LogP) is 13.5. The van der Waals surface area contributed by atoms with Gasteiger partial charge in [0.1, 0.15) is 16.4 Å². The number of allylic oxidation sites excluding steroid dienone is 2. The smallest absolute Gasteiger partial charge is 0.393 e. The van der Waals surface area contributed by atoms with Gasteiger partial charge in [0.15, 0.2) is 0 Å². The Morgan fingerprint density at radius 1 is 0.818 bits per heavy atom. The monoisotopic (exact) mass is 1600 g/mol. The van der Waals surface area contributed by atoms with Gasteiger partial charge in [-0.3, -0.25) is 33.8 Å². The Labute approximate surface area is 650 Å². The third-order valence-electron chi connectivity index (χ3n) is 21.4. The van der Waals surface area contributed by atoms with Gasteiger partial charge in [0.2, 0.25) is 17.7 Å². The largest absolute Gasteiger partial charge is 0.501 e. The van der Waals surface area contributed by atoms with E-state index in [-0.39, 0.29) is 77.9 Å². The van der Waals surface area contributed by atoms with Gasteiger partial charge in [-0.25, -0.2) is 35.3 Å². The van der Waals surface area contributed by atoms with Crippen LogP contribution in [0.5, 0.6) is 0 Å². The molecule has 2 saturated heterocycles. The maximum absolute atomic E-state index is 14.6. The Balaban J connectivity index is 0.700. The lowest BCUT2D eigenvalue weighted by Crippen LogP contribution is -2.49. The van der Waals surface area contributed by atoms with Crippen molar-refractivity contribution in [2.75, 3.05) is 88.0 Å². The number of ketones is 1. The van der Waals surface area contributed by atoms with E-state index in [1.807, 2.05) is 80.1 Å². The number of nitrogens with one attached hydrogen (secondary N) is 4. The first kappa shape index (κ1) is 84.6. The topological polar surface area (TPSA) is 274 Å². The maximum atomic E-state index is 14.6. The fraction of sp³-hybridized carbons (Fsp3) is 0.512. The van der Waals surface area contributed by atoms with Crippen LogP contribution in [0, 0.1) is 37.0 Å². The molecule has 5 N–H and O–H groups in total.